The Morgan fingerprint density at radius 3 is 2.81 bits per heavy atom. The summed E-state index contributed by atoms with van der Waals surface area (Å²) in [5.74, 6) is 0.516. The van der Waals surface area contributed by atoms with E-state index in [0.717, 1.165) is 0 Å². The number of nitro groups is 1. The zero-order valence-electron chi connectivity index (χ0n) is 9.08. The second-order valence-corrected chi connectivity index (χ2v) is 4.12. The van der Waals surface area contributed by atoms with Gasteiger partial charge in [-0.15, -0.1) is 0 Å². The van der Waals surface area contributed by atoms with Crippen LogP contribution in [0.25, 0.3) is 4.96 Å². The zero-order valence-corrected chi connectivity index (χ0v) is 9.90. The van der Waals surface area contributed by atoms with E-state index in [1.54, 1.807) is 11.6 Å². The number of hydrogen-bond donors (Lipinski definition) is 0. The molecule has 0 amide bonds. The summed E-state index contributed by atoms with van der Waals surface area (Å²) >= 11 is 1.40. The summed E-state index contributed by atoms with van der Waals surface area (Å²) in [5.41, 5.74) is 0. The number of nitrogens with zero attached hydrogens (tertiary/aromatic N) is 4. The SMILES string of the molecule is CCN(CC)c1nc2sccn2c1[N+](=O)[O-]. The molecule has 6 nitrogen and oxygen atoms in total. The molecule has 7 heteroatoms. The van der Waals surface area contributed by atoms with Crippen LogP contribution in [0.5, 0.6) is 0 Å². The van der Waals surface area contributed by atoms with Crippen molar-refractivity contribution in [2.75, 3.05) is 18.0 Å². The van der Waals surface area contributed by atoms with Crippen LogP contribution in [0.15, 0.2) is 11.6 Å². The van der Waals surface area contributed by atoms with Crippen molar-refractivity contribution in [3.63, 3.8) is 0 Å². The smallest absolute Gasteiger partial charge is 0.358 e. The van der Waals surface area contributed by atoms with E-state index in [9.17, 15) is 10.1 Å². The van der Waals surface area contributed by atoms with Crippen molar-refractivity contribution < 1.29 is 4.92 Å². The Morgan fingerprint density at radius 2 is 2.25 bits per heavy atom. The number of thiazole rings is 1. The lowest BCUT2D eigenvalue weighted by Crippen LogP contribution is -2.23. The Morgan fingerprint density at radius 1 is 1.56 bits per heavy atom. The van der Waals surface area contributed by atoms with Gasteiger partial charge in [0, 0.05) is 18.5 Å². The van der Waals surface area contributed by atoms with Crippen LogP contribution in [-0.2, 0) is 0 Å². The lowest BCUT2D eigenvalue weighted by molar-refractivity contribution is -0.389. The fourth-order valence-corrected chi connectivity index (χ4v) is 2.37. The maximum absolute atomic E-state index is 11.1. The summed E-state index contributed by atoms with van der Waals surface area (Å²) in [7, 11) is 0. The van der Waals surface area contributed by atoms with Crippen molar-refractivity contribution in [2.24, 2.45) is 0 Å². The minimum atomic E-state index is -0.375. The molecule has 0 N–H and O–H groups in total. The van der Waals surface area contributed by atoms with Crippen LogP contribution < -0.4 is 4.90 Å². The Bertz CT molecular complexity index is 515. The molecule has 0 bridgehead atoms. The lowest BCUT2D eigenvalue weighted by atomic mass is 10.5. The van der Waals surface area contributed by atoms with Crippen molar-refractivity contribution in [1.82, 2.24) is 9.38 Å². The highest BCUT2D eigenvalue weighted by atomic mass is 32.1. The van der Waals surface area contributed by atoms with E-state index in [-0.39, 0.29) is 10.7 Å². The normalized spacial score (nSPS) is 10.9. The Kier molecular flexibility index (Phi) is 2.78. The molecule has 0 unspecified atom stereocenters. The molecule has 0 radical (unpaired) electrons. The van der Waals surface area contributed by atoms with Crippen molar-refractivity contribution in [2.45, 2.75) is 13.8 Å². The van der Waals surface area contributed by atoms with Gasteiger partial charge in [-0.1, -0.05) is 11.3 Å². The number of rotatable bonds is 4. The van der Waals surface area contributed by atoms with Gasteiger partial charge < -0.3 is 15.0 Å². The lowest BCUT2D eigenvalue weighted by Gasteiger charge is -2.16. The molecule has 0 aromatic carbocycles. The maximum Gasteiger partial charge on any atom is 0.373 e. The van der Waals surface area contributed by atoms with Crippen LogP contribution in [0.3, 0.4) is 0 Å². The molecule has 0 atom stereocenters. The summed E-state index contributed by atoms with van der Waals surface area (Å²) < 4.78 is 1.53. The van der Waals surface area contributed by atoms with Gasteiger partial charge in [-0.05, 0) is 18.8 Å². The highest BCUT2D eigenvalue weighted by molar-refractivity contribution is 7.15. The van der Waals surface area contributed by atoms with Gasteiger partial charge >= 0.3 is 5.82 Å². The van der Waals surface area contributed by atoms with Crippen LogP contribution in [0.4, 0.5) is 11.6 Å². The van der Waals surface area contributed by atoms with Gasteiger partial charge in [0.15, 0.2) is 0 Å². The molecule has 0 aliphatic heterocycles. The fourth-order valence-electron chi connectivity index (χ4n) is 1.67. The molecule has 2 aromatic heterocycles. The van der Waals surface area contributed by atoms with Crippen molar-refractivity contribution in [3.05, 3.63) is 21.7 Å². The molecule has 0 aliphatic rings. The van der Waals surface area contributed by atoms with Crippen molar-refractivity contribution >= 4 is 27.9 Å². The zero-order chi connectivity index (χ0) is 11.7. The highest BCUT2D eigenvalue weighted by Gasteiger charge is 2.26. The second-order valence-electron chi connectivity index (χ2n) is 3.24. The topological polar surface area (TPSA) is 63.7 Å². The van der Waals surface area contributed by atoms with Crippen LogP contribution in [0, 0.1) is 10.1 Å². The third kappa shape index (κ3) is 1.53. The molecule has 86 valence electrons. The molecule has 0 aliphatic carbocycles. The number of imidazole rings is 1. The van der Waals surface area contributed by atoms with E-state index in [1.807, 2.05) is 18.7 Å². The maximum atomic E-state index is 11.1. The minimum absolute atomic E-state index is 0.0555. The molecule has 0 fully saturated rings. The van der Waals surface area contributed by atoms with Crippen molar-refractivity contribution in [3.8, 4) is 0 Å². The Labute approximate surface area is 96.3 Å². The van der Waals surface area contributed by atoms with Crippen LogP contribution in [0.2, 0.25) is 0 Å². The first kappa shape index (κ1) is 10.9. The van der Waals surface area contributed by atoms with E-state index in [2.05, 4.69) is 4.98 Å². The predicted octanol–water partition coefficient (Wildman–Crippen LogP) is 2.15. The quantitative estimate of drug-likeness (QED) is 0.606. The van der Waals surface area contributed by atoms with Gasteiger partial charge in [0.05, 0.1) is 0 Å². The van der Waals surface area contributed by atoms with E-state index >= 15 is 0 Å². The third-order valence-electron chi connectivity index (χ3n) is 2.46. The van der Waals surface area contributed by atoms with Crippen LogP contribution >= 0.6 is 11.3 Å². The van der Waals surface area contributed by atoms with Gasteiger partial charge in [0.2, 0.25) is 5.82 Å². The average molecular weight is 240 g/mol. The summed E-state index contributed by atoms with van der Waals surface area (Å²) in [6.07, 6.45) is 1.68. The minimum Gasteiger partial charge on any atom is -0.358 e. The number of fused-ring (bicyclic) bond motifs is 1. The molecule has 2 aromatic rings. The number of anilines is 1. The molecule has 2 rings (SSSR count). The van der Waals surface area contributed by atoms with Gasteiger partial charge in [0.25, 0.3) is 4.96 Å². The number of aromatic nitrogens is 2. The number of hydrogen-bond acceptors (Lipinski definition) is 5. The third-order valence-corrected chi connectivity index (χ3v) is 3.21. The molecule has 0 saturated carbocycles. The fraction of sp³-hybridized carbons (Fsp3) is 0.444. The highest BCUT2D eigenvalue weighted by Crippen LogP contribution is 2.30. The largest absolute Gasteiger partial charge is 0.373 e. The van der Waals surface area contributed by atoms with Crippen LogP contribution in [0.1, 0.15) is 13.8 Å². The Balaban J connectivity index is 2.63. The monoisotopic (exact) mass is 240 g/mol. The first-order chi connectivity index (χ1) is 7.69. The second kappa shape index (κ2) is 4.09. The van der Waals surface area contributed by atoms with Gasteiger partial charge in [0.1, 0.15) is 6.20 Å². The standard InChI is InChI=1S/C9H12N4O2S/c1-3-11(4-2)7-8(13(14)15)12-5-6-16-9(12)10-7/h5-6H,3-4H2,1-2H3. The van der Waals surface area contributed by atoms with E-state index in [0.29, 0.717) is 23.9 Å². The molecule has 2 heterocycles. The summed E-state index contributed by atoms with van der Waals surface area (Å²) in [4.78, 5) is 17.5. The van der Waals surface area contributed by atoms with Crippen molar-refractivity contribution in [1.29, 1.82) is 0 Å². The van der Waals surface area contributed by atoms with Gasteiger partial charge in [-0.3, -0.25) is 0 Å². The molecule has 16 heavy (non-hydrogen) atoms. The van der Waals surface area contributed by atoms with E-state index in [1.165, 1.54) is 15.7 Å². The summed E-state index contributed by atoms with van der Waals surface area (Å²) in [6, 6.07) is 0. The van der Waals surface area contributed by atoms with Crippen LogP contribution in [-0.4, -0.2) is 27.4 Å². The molecular weight excluding hydrogens is 228 g/mol. The Hall–Kier alpha value is -1.63. The van der Waals surface area contributed by atoms with Gasteiger partial charge in [-0.2, -0.15) is 9.38 Å². The first-order valence-electron chi connectivity index (χ1n) is 5.03. The van der Waals surface area contributed by atoms with E-state index in [4.69, 9.17) is 0 Å². The summed E-state index contributed by atoms with van der Waals surface area (Å²) in [6.45, 7) is 5.34. The summed E-state index contributed by atoms with van der Waals surface area (Å²) in [5, 5.41) is 12.8. The van der Waals surface area contributed by atoms with Gasteiger partial charge in [-0.25, -0.2) is 0 Å². The first-order valence-corrected chi connectivity index (χ1v) is 5.91. The molecule has 0 spiro atoms. The predicted molar refractivity (Wildman–Crippen MR) is 63.3 cm³/mol. The van der Waals surface area contributed by atoms with E-state index < -0.39 is 0 Å². The average Bonchev–Trinajstić information content (AvgIpc) is 2.78. The molecule has 0 saturated heterocycles. The molecular formula is C9H12N4O2S.